The van der Waals surface area contributed by atoms with Gasteiger partial charge in [0.25, 0.3) is 5.91 Å². The Labute approximate surface area is 330 Å². The Morgan fingerprint density at radius 1 is 0.842 bits per heavy atom. The van der Waals surface area contributed by atoms with E-state index in [0.29, 0.717) is 81.8 Å². The smallest absolute Gasteiger partial charge is 0.255 e. The van der Waals surface area contributed by atoms with Crippen molar-refractivity contribution in [1.82, 2.24) is 20.0 Å². The van der Waals surface area contributed by atoms with Gasteiger partial charge in [0.15, 0.2) is 0 Å². The normalized spacial score (nSPS) is 24.4. The van der Waals surface area contributed by atoms with Crippen molar-refractivity contribution >= 4 is 29.3 Å². The number of carbonyl (C=O) groups excluding carboxylic acids is 4. The van der Waals surface area contributed by atoms with Gasteiger partial charge in [-0.2, -0.15) is 0 Å². The fourth-order valence-electron chi connectivity index (χ4n) is 9.89. The first-order valence-corrected chi connectivity index (χ1v) is 20.1. The Bertz CT molecular complexity index is 2260. The fourth-order valence-corrected chi connectivity index (χ4v) is 9.89. The number of hydrogen-bond acceptors (Lipinski definition) is 9. The molecule has 3 fully saturated rings. The van der Waals surface area contributed by atoms with Gasteiger partial charge in [-0.05, 0) is 89.4 Å². The van der Waals surface area contributed by atoms with Crippen LogP contribution in [0.1, 0.15) is 69.3 Å². The fraction of sp³-hybridized carbons (Fsp3) is 0.378. The number of nitrogens with zero attached hydrogens (tertiary/aromatic N) is 4. The molecule has 57 heavy (non-hydrogen) atoms. The summed E-state index contributed by atoms with van der Waals surface area (Å²) in [5.41, 5.74) is 7.31. The van der Waals surface area contributed by atoms with E-state index in [0.717, 1.165) is 29.8 Å². The number of fused-ring (bicyclic) bond motifs is 5. The zero-order chi connectivity index (χ0) is 38.8. The van der Waals surface area contributed by atoms with Crippen molar-refractivity contribution in [1.29, 1.82) is 0 Å². The molecule has 1 unspecified atom stereocenters. The van der Waals surface area contributed by atoms with Crippen molar-refractivity contribution < 1.29 is 33.8 Å². The van der Waals surface area contributed by atoms with E-state index >= 15 is 0 Å². The van der Waals surface area contributed by atoms with Gasteiger partial charge in [-0.25, -0.2) is 0 Å². The number of piperazine rings is 1. The molecule has 12 nitrogen and oxygen atoms in total. The summed E-state index contributed by atoms with van der Waals surface area (Å²) >= 11 is 0. The number of rotatable bonds is 7. The SMILES string of the molecule is O=C1CCC(N2Cc3cc4c(cc3C2=O)OC[C@@H]2CN(C(=O)CN3CC(Oc5ccc([C@@H]6c7ccc(O)cc7CC[C@@H]6c6ccccc6)cc5)C3)CCN42)C(=O)N1. The molecule has 0 spiro atoms. The number of aryl methyl sites for hydroxylation is 1. The lowest BCUT2D eigenvalue weighted by molar-refractivity contribution is -0.137. The number of nitrogens with one attached hydrogen (secondary N) is 1. The van der Waals surface area contributed by atoms with Crippen LogP contribution in [0.4, 0.5) is 5.69 Å². The minimum Gasteiger partial charge on any atom is -0.508 e. The van der Waals surface area contributed by atoms with Gasteiger partial charge in [-0.3, -0.25) is 29.4 Å². The molecule has 1 aliphatic carbocycles. The number of likely N-dealkylation sites (tertiary alicyclic amines) is 1. The number of benzene rings is 4. The number of ether oxygens (including phenoxy) is 2. The molecule has 12 heteroatoms. The highest BCUT2D eigenvalue weighted by molar-refractivity contribution is 6.06. The van der Waals surface area contributed by atoms with Gasteiger partial charge in [0.05, 0.1) is 18.3 Å². The van der Waals surface area contributed by atoms with Crippen molar-refractivity contribution in [3.63, 3.8) is 0 Å². The van der Waals surface area contributed by atoms with Crippen LogP contribution in [0.3, 0.4) is 0 Å². The summed E-state index contributed by atoms with van der Waals surface area (Å²) in [6.45, 7) is 4.21. The molecule has 0 saturated carbocycles. The van der Waals surface area contributed by atoms with Gasteiger partial charge in [-0.15, -0.1) is 0 Å². The minimum atomic E-state index is -0.667. The van der Waals surface area contributed by atoms with Gasteiger partial charge < -0.3 is 29.3 Å². The molecule has 292 valence electrons. The van der Waals surface area contributed by atoms with Crippen molar-refractivity contribution in [2.45, 2.75) is 62.3 Å². The number of amides is 4. The van der Waals surface area contributed by atoms with Crippen LogP contribution in [0.25, 0.3) is 0 Å². The largest absolute Gasteiger partial charge is 0.508 e. The van der Waals surface area contributed by atoms with E-state index in [-0.39, 0.29) is 42.2 Å². The molecule has 4 amide bonds. The first-order chi connectivity index (χ1) is 27.8. The Balaban J connectivity index is 0.732. The first kappa shape index (κ1) is 35.5. The minimum absolute atomic E-state index is 0.00996. The Kier molecular flexibility index (Phi) is 8.88. The van der Waals surface area contributed by atoms with E-state index in [1.807, 2.05) is 17.0 Å². The van der Waals surface area contributed by atoms with Gasteiger partial charge in [0, 0.05) is 57.2 Å². The second-order valence-electron chi connectivity index (χ2n) is 16.3. The van der Waals surface area contributed by atoms with Crippen LogP contribution < -0.4 is 19.7 Å². The molecule has 4 aromatic rings. The van der Waals surface area contributed by atoms with Crippen molar-refractivity contribution in [2.24, 2.45) is 0 Å². The molecule has 10 rings (SSSR count). The molecule has 4 aromatic carbocycles. The second kappa shape index (κ2) is 14.3. The first-order valence-electron chi connectivity index (χ1n) is 20.1. The van der Waals surface area contributed by atoms with E-state index in [9.17, 15) is 24.3 Å². The lowest BCUT2D eigenvalue weighted by atomic mass is 9.69. The standard InChI is InChI=1S/C45H45N5O7/c51-32-9-13-36-29(18-32)8-12-35(27-4-2-1-3-5-27)43(36)28-6-10-33(11-7-28)57-34-23-47(24-34)25-42(53)48-16-17-49-31(22-48)26-56-40-20-37-30(19-39(40)49)21-50(45(37)55)38-14-15-41(52)46-44(38)54/h1-7,9-11,13,18-20,31,34-35,38,43,51H,8,12,14-17,21-26H2,(H,46,52,54)/t31-,35+,38?,43-/m0/s1. The number of hydrogen-bond donors (Lipinski definition) is 2. The summed E-state index contributed by atoms with van der Waals surface area (Å²) in [5, 5.41) is 12.5. The number of carbonyl (C=O) groups is 4. The summed E-state index contributed by atoms with van der Waals surface area (Å²) in [6, 6.07) is 28.1. The molecule has 0 bridgehead atoms. The van der Waals surface area contributed by atoms with E-state index in [1.54, 1.807) is 17.0 Å². The maximum Gasteiger partial charge on any atom is 0.255 e. The topological polar surface area (TPSA) is 132 Å². The predicted octanol–water partition coefficient (Wildman–Crippen LogP) is 4.19. The second-order valence-corrected chi connectivity index (χ2v) is 16.3. The van der Waals surface area contributed by atoms with Gasteiger partial charge in [0.2, 0.25) is 17.7 Å². The maximum atomic E-state index is 13.5. The number of piperidine rings is 1. The molecule has 3 saturated heterocycles. The molecule has 5 heterocycles. The predicted molar refractivity (Wildman–Crippen MR) is 210 cm³/mol. The van der Waals surface area contributed by atoms with Crippen LogP contribution in [0.5, 0.6) is 17.2 Å². The average Bonchev–Trinajstić information content (AvgIpc) is 3.53. The Hall–Kier alpha value is -5.88. The average molecular weight is 768 g/mol. The number of phenols is 1. The van der Waals surface area contributed by atoms with Crippen LogP contribution in [0.2, 0.25) is 0 Å². The third-order valence-corrected chi connectivity index (χ3v) is 12.8. The quantitative estimate of drug-likeness (QED) is 0.266. The third kappa shape index (κ3) is 6.55. The molecule has 0 aromatic heterocycles. The van der Waals surface area contributed by atoms with E-state index in [1.165, 1.54) is 22.3 Å². The van der Waals surface area contributed by atoms with Crippen LogP contribution >= 0.6 is 0 Å². The van der Waals surface area contributed by atoms with Crippen LogP contribution in [-0.2, 0) is 27.3 Å². The molecule has 5 aliphatic heterocycles. The Morgan fingerprint density at radius 2 is 1.67 bits per heavy atom. The lowest BCUT2D eigenvalue weighted by Crippen LogP contribution is -2.61. The van der Waals surface area contributed by atoms with Gasteiger partial charge in [-0.1, -0.05) is 48.5 Å². The highest BCUT2D eigenvalue weighted by Gasteiger charge is 2.42. The van der Waals surface area contributed by atoms with Crippen LogP contribution in [0.15, 0.2) is 84.9 Å². The number of imide groups is 1. The summed E-state index contributed by atoms with van der Waals surface area (Å²) < 4.78 is 12.5. The highest BCUT2D eigenvalue weighted by atomic mass is 16.5. The molecule has 2 N–H and O–H groups in total. The molecular formula is C45H45N5O7. The lowest BCUT2D eigenvalue weighted by Gasteiger charge is -2.46. The van der Waals surface area contributed by atoms with Crippen molar-refractivity contribution in [3.8, 4) is 17.2 Å². The van der Waals surface area contributed by atoms with Crippen LogP contribution in [0, 0.1) is 0 Å². The highest BCUT2D eigenvalue weighted by Crippen LogP contribution is 2.47. The van der Waals surface area contributed by atoms with E-state index in [4.69, 9.17) is 9.47 Å². The van der Waals surface area contributed by atoms with E-state index in [2.05, 4.69) is 75.8 Å². The zero-order valence-corrected chi connectivity index (χ0v) is 31.6. The summed E-state index contributed by atoms with van der Waals surface area (Å²) in [5.74, 6) is 1.42. The number of phenolic OH excluding ortho intramolecular Hbond substituents is 1. The molecule has 4 atom stereocenters. The Morgan fingerprint density at radius 3 is 2.47 bits per heavy atom. The van der Waals surface area contributed by atoms with Gasteiger partial charge >= 0.3 is 0 Å². The number of anilines is 1. The van der Waals surface area contributed by atoms with E-state index < -0.39 is 11.9 Å². The van der Waals surface area contributed by atoms with Crippen molar-refractivity contribution in [2.75, 3.05) is 50.8 Å². The summed E-state index contributed by atoms with van der Waals surface area (Å²) in [7, 11) is 0. The monoisotopic (exact) mass is 767 g/mol. The van der Waals surface area contributed by atoms with Crippen molar-refractivity contribution in [3.05, 3.63) is 118 Å². The summed E-state index contributed by atoms with van der Waals surface area (Å²) in [4.78, 5) is 58.9. The number of aromatic hydroxyl groups is 1. The van der Waals surface area contributed by atoms with Crippen LogP contribution in [-0.4, -0.2) is 107 Å². The molecule has 0 radical (unpaired) electrons. The summed E-state index contributed by atoms with van der Waals surface area (Å²) in [6.07, 6.45) is 2.49. The third-order valence-electron chi connectivity index (χ3n) is 12.8. The maximum absolute atomic E-state index is 13.5. The molecule has 6 aliphatic rings. The van der Waals surface area contributed by atoms with Gasteiger partial charge in [0.1, 0.15) is 36.0 Å². The zero-order valence-electron chi connectivity index (χ0n) is 31.6. The molecular weight excluding hydrogens is 723 g/mol.